The number of carbonyl (C=O) groups excluding carboxylic acids is 2. The lowest BCUT2D eigenvalue weighted by atomic mass is 10.2. The van der Waals surface area contributed by atoms with Gasteiger partial charge in [-0.05, 0) is 56.1 Å². The van der Waals surface area contributed by atoms with Gasteiger partial charge in [0.25, 0.3) is 5.91 Å². The zero-order chi connectivity index (χ0) is 17.5. The molecule has 24 heavy (non-hydrogen) atoms. The quantitative estimate of drug-likeness (QED) is 0.811. The predicted octanol–water partition coefficient (Wildman–Crippen LogP) is 2.88. The van der Waals surface area contributed by atoms with Gasteiger partial charge >= 0.3 is 0 Å². The highest BCUT2D eigenvalue weighted by Crippen LogP contribution is 2.17. The van der Waals surface area contributed by atoms with E-state index in [4.69, 9.17) is 0 Å². The van der Waals surface area contributed by atoms with E-state index in [1.807, 2.05) is 18.9 Å². The van der Waals surface area contributed by atoms with Crippen LogP contribution in [0.5, 0.6) is 0 Å². The van der Waals surface area contributed by atoms with Crippen LogP contribution in [0.1, 0.15) is 27.7 Å². The molecule has 0 spiro atoms. The highest BCUT2D eigenvalue weighted by atomic mass is 32.1. The van der Waals surface area contributed by atoms with Crippen LogP contribution in [0, 0.1) is 6.92 Å². The van der Waals surface area contributed by atoms with Gasteiger partial charge in [-0.3, -0.25) is 14.5 Å². The van der Waals surface area contributed by atoms with Crippen molar-refractivity contribution in [1.29, 1.82) is 0 Å². The zero-order valence-electron chi connectivity index (χ0n) is 14.3. The summed E-state index contributed by atoms with van der Waals surface area (Å²) in [6.07, 6.45) is 0. The van der Waals surface area contributed by atoms with E-state index in [0.717, 1.165) is 6.54 Å². The van der Waals surface area contributed by atoms with Crippen LogP contribution in [0.3, 0.4) is 0 Å². The third-order valence-electron chi connectivity index (χ3n) is 3.54. The van der Waals surface area contributed by atoms with Gasteiger partial charge in [0, 0.05) is 29.2 Å². The summed E-state index contributed by atoms with van der Waals surface area (Å²) in [5, 5.41) is 7.65. The monoisotopic (exact) mass is 345 g/mol. The van der Waals surface area contributed by atoms with Crippen molar-refractivity contribution in [2.45, 2.75) is 20.4 Å². The lowest BCUT2D eigenvalue weighted by Gasteiger charge is -2.16. The molecule has 0 aliphatic rings. The maximum Gasteiger partial charge on any atom is 0.251 e. The second-order valence-corrected chi connectivity index (χ2v) is 6.69. The molecule has 0 atom stereocenters. The first-order chi connectivity index (χ1) is 11.5. The van der Waals surface area contributed by atoms with Crippen LogP contribution >= 0.6 is 11.3 Å². The molecule has 0 unspecified atom stereocenters. The van der Waals surface area contributed by atoms with E-state index in [0.29, 0.717) is 24.3 Å². The summed E-state index contributed by atoms with van der Waals surface area (Å²) < 4.78 is 0. The Hall–Kier alpha value is -2.18. The van der Waals surface area contributed by atoms with Crippen molar-refractivity contribution in [2.75, 3.05) is 25.5 Å². The van der Waals surface area contributed by atoms with Gasteiger partial charge in [0.15, 0.2) is 0 Å². The number of hydrogen-bond donors (Lipinski definition) is 2. The van der Waals surface area contributed by atoms with Crippen LogP contribution < -0.4 is 10.6 Å². The summed E-state index contributed by atoms with van der Waals surface area (Å²) in [4.78, 5) is 27.3. The second-order valence-electron chi connectivity index (χ2n) is 5.69. The fourth-order valence-electron chi connectivity index (χ4n) is 2.31. The molecule has 0 fully saturated rings. The molecular weight excluding hydrogens is 322 g/mol. The summed E-state index contributed by atoms with van der Waals surface area (Å²) in [5.41, 5.74) is 2.42. The van der Waals surface area contributed by atoms with Crippen molar-refractivity contribution in [1.82, 2.24) is 10.2 Å². The number of rotatable bonds is 7. The standard InChI is InChI=1S/C18H23N3O2S/c1-4-19-18(23)14-6-5-7-15(10-14)20-17(22)12-21(3)11-16-13(2)8-9-24-16/h5-10H,4,11-12H2,1-3H3,(H,19,23)(H,20,22). The molecule has 0 aliphatic heterocycles. The Labute approximate surface area is 146 Å². The summed E-state index contributed by atoms with van der Waals surface area (Å²) in [6, 6.07) is 9.04. The molecule has 0 aliphatic carbocycles. The van der Waals surface area contributed by atoms with E-state index in [9.17, 15) is 9.59 Å². The number of aryl methyl sites for hydroxylation is 1. The molecule has 0 radical (unpaired) electrons. The molecular formula is C18H23N3O2S. The minimum absolute atomic E-state index is 0.0974. The van der Waals surface area contributed by atoms with Gasteiger partial charge < -0.3 is 10.6 Å². The smallest absolute Gasteiger partial charge is 0.251 e. The fraction of sp³-hybridized carbons (Fsp3) is 0.333. The molecule has 1 aromatic carbocycles. The Kier molecular flexibility index (Phi) is 6.52. The Morgan fingerprint density at radius 3 is 2.71 bits per heavy atom. The maximum absolute atomic E-state index is 12.2. The van der Waals surface area contributed by atoms with E-state index in [2.05, 4.69) is 29.0 Å². The summed E-state index contributed by atoms with van der Waals surface area (Å²) in [6.45, 7) is 5.56. The minimum atomic E-state index is -0.140. The van der Waals surface area contributed by atoms with E-state index < -0.39 is 0 Å². The van der Waals surface area contributed by atoms with Crippen molar-refractivity contribution < 1.29 is 9.59 Å². The Bertz CT molecular complexity index is 712. The Morgan fingerprint density at radius 2 is 2.04 bits per heavy atom. The van der Waals surface area contributed by atoms with E-state index in [1.54, 1.807) is 35.6 Å². The summed E-state index contributed by atoms with van der Waals surface area (Å²) >= 11 is 1.70. The van der Waals surface area contributed by atoms with Crippen LogP contribution in [0.25, 0.3) is 0 Å². The molecule has 128 valence electrons. The van der Waals surface area contributed by atoms with E-state index in [-0.39, 0.29) is 11.8 Å². The SMILES string of the molecule is CCNC(=O)c1cccc(NC(=O)CN(C)Cc2sccc2C)c1. The van der Waals surface area contributed by atoms with Crippen LogP contribution in [0.4, 0.5) is 5.69 Å². The first kappa shape index (κ1) is 18.2. The lowest BCUT2D eigenvalue weighted by Crippen LogP contribution is -2.30. The van der Waals surface area contributed by atoms with Gasteiger partial charge in [-0.2, -0.15) is 0 Å². The van der Waals surface area contributed by atoms with Gasteiger partial charge in [0.05, 0.1) is 6.54 Å². The topological polar surface area (TPSA) is 61.4 Å². The highest BCUT2D eigenvalue weighted by Gasteiger charge is 2.11. The average molecular weight is 345 g/mol. The Morgan fingerprint density at radius 1 is 1.25 bits per heavy atom. The third-order valence-corrected chi connectivity index (χ3v) is 4.55. The summed E-state index contributed by atoms with van der Waals surface area (Å²) in [7, 11) is 1.92. The predicted molar refractivity (Wildman–Crippen MR) is 98.5 cm³/mol. The fourth-order valence-corrected chi connectivity index (χ4v) is 3.30. The Balaban J connectivity index is 1.91. The number of nitrogens with zero attached hydrogens (tertiary/aromatic N) is 1. The third kappa shape index (κ3) is 5.18. The van der Waals surface area contributed by atoms with Gasteiger partial charge in [0.1, 0.15) is 0 Å². The largest absolute Gasteiger partial charge is 0.352 e. The molecule has 2 aromatic rings. The molecule has 0 saturated carbocycles. The van der Waals surface area contributed by atoms with Crippen molar-refractivity contribution in [2.24, 2.45) is 0 Å². The molecule has 2 amide bonds. The number of carbonyl (C=O) groups is 2. The van der Waals surface area contributed by atoms with E-state index >= 15 is 0 Å². The number of amides is 2. The van der Waals surface area contributed by atoms with Gasteiger partial charge in [-0.25, -0.2) is 0 Å². The number of thiophene rings is 1. The van der Waals surface area contributed by atoms with Crippen LogP contribution in [-0.2, 0) is 11.3 Å². The van der Waals surface area contributed by atoms with Crippen LogP contribution in [0.15, 0.2) is 35.7 Å². The summed E-state index contributed by atoms with van der Waals surface area (Å²) in [5.74, 6) is -0.237. The lowest BCUT2D eigenvalue weighted by molar-refractivity contribution is -0.117. The molecule has 5 nitrogen and oxygen atoms in total. The van der Waals surface area contributed by atoms with Crippen LogP contribution in [0.2, 0.25) is 0 Å². The number of anilines is 1. The molecule has 1 aromatic heterocycles. The normalized spacial score (nSPS) is 10.7. The average Bonchev–Trinajstić information content (AvgIpc) is 2.92. The molecule has 1 heterocycles. The van der Waals surface area contributed by atoms with Gasteiger partial charge in [-0.1, -0.05) is 6.07 Å². The molecule has 2 N–H and O–H groups in total. The number of benzene rings is 1. The van der Waals surface area contributed by atoms with Crippen molar-refractivity contribution in [3.8, 4) is 0 Å². The van der Waals surface area contributed by atoms with Crippen molar-refractivity contribution >= 4 is 28.8 Å². The minimum Gasteiger partial charge on any atom is -0.352 e. The molecule has 0 saturated heterocycles. The van der Waals surface area contributed by atoms with Crippen molar-refractivity contribution in [3.63, 3.8) is 0 Å². The van der Waals surface area contributed by atoms with Gasteiger partial charge in [-0.15, -0.1) is 11.3 Å². The molecule has 0 bridgehead atoms. The number of likely N-dealkylation sites (N-methyl/N-ethyl adjacent to an activating group) is 1. The first-order valence-electron chi connectivity index (χ1n) is 7.89. The molecule has 2 rings (SSSR count). The van der Waals surface area contributed by atoms with E-state index in [1.165, 1.54) is 10.4 Å². The molecule has 6 heteroatoms. The highest BCUT2D eigenvalue weighted by molar-refractivity contribution is 7.10. The van der Waals surface area contributed by atoms with Crippen LogP contribution in [-0.4, -0.2) is 36.9 Å². The number of hydrogen-bond acceptors (Lipinski definition) is 4. The number of nitrogens with one attached hydrogen (secondary N) is 2. The second kappa shape index (κ2) is 8.61. The maximum atomic E-state index is 12.2. The first-order valence-corrected chi connectivity index (χ1v) is 8.77. The van der Waals surface area contributed by atoms with Crippen molar-refractivity contribution in [3.05, 3.63) is 51.7 Å². The zero-order valence-corrected chi connectivity index (χ0v) is 15.1. The van der Waals surface area contributed by atoms with Gasteiger partial charge in [0.2, 0.25) is 5.91 Å².